The third-order valence-corrected chi connectivity index (χ3v) is 5.59. The minimum atomic E-state index is -1.71. The smallest absolute Gasteiger partial charge is 0.217 e. The number of nitrogens with zero attached hydrogens (tertiary/aromatic N) is 3. The molecule has 6 nitrogen and oxygen atoms in total. The van der Waals surface area contributed by atoms with Crippen LogP contribution in [0.3, 0.4) is 0 Å². The van der Waals surface area contributed by atoms with Gasteiger partial charge in [-0.05, 0) is 19.8 Å². The highest BCUT2D eigenvalue weighted by Gasteiger charge is 2.78. The summed E-state index contributed by atoms with van der Waals surface area (Å²) in [5, 5.41) is 37.6. The van der Waals surface area contributed by atoms with Gasteiger partial charge in [0.05, 0.1) is 30.2 Å². The Morgan fingerprint density at radius 2 is 1.77 bits per heavy atom. The summed E-state index contributed by atoms with van der Waals surface area (Å²) in [5.74, 6) is -1.73. The molecule has 0 aromatic rings. The molecule has 2 aliphatic heterocycles. The van der Waals surface area contributed by atoms with E-state index >= 15 is 0 Å². The lowest BCUT2D eigenvalue weighted by Gasteiger charge is -2.49. The molecule has 3 aliphatic rings. The van der Waals surface area contributed by atoms with Gasteiger partial charge in [0.2, 0.25) is 11.7 Å². The highest BCUT2D eigenvalue weighted by atomic mass is 16.7. The molecule has 3 fully saturated rings. The maximum atomic E-state index is 9.92. The Bertz CT molecular complexity index is 626. The molecule has 4 atom stereocenters. The molecule has 114 valence electrons. The summed E-state index contributed by atoms with van der Waals surface area (Å²) < 4.78 is 11.8. The molecule has 0 radical (unpaired) electrons. The summed E-state index contributed by atoms with van der Waals surface area (Å²) in [7, 11) is 0. The predicted octanol–water partition coefficient (Wildman–Crippen LogP) is 2.62. The van der Waals surface area contributed by atoms with Crippen LogP contribution in [0.5, 0.6) is 0 Å². The van der Waals surface area contributed by atoms with E-state index in [4.69, 9.17) is 14.9 Å². The van der Waals surface area contributed by atoms with E-state index in [1.807, 2.05) is 12.1 Å². The van der Waals surface area contributed by atoms with Gasteiger partial charge in [0.15, 0.2) is 10.8 Å². The number of nitrogens with one attached hydrogen (secondary N) is 1. The number of hydrogen-bond acceptors (Lipinski definition) is 6. The van der Waals surface area contributed by atoms with Crippen LogP contribution in [0, 0.1) is 56.2 Å². The van der Waals surface area contributed by atoms with Crippen LogP contribution in [0.1, 0.15) is 45.4 Å². The van der Waals surface area contributed by atoms with Gasteiger partial charge in [-0.1, -0.05) is 19.3 Å². The highest BCUT2D eigenvalue weighted by molar-refractivity contribution is 5.89. The summed E-state index contributed by atoms with van der Waals surface area (Å²) in [5.41, 5.74) is -3.24. The van der Waals surface area contributed by atoms with Crippen molar-refractivity contribution in [1.29, 1.82) is 21.2 Å². The lowest BCUT2D eigenvalue weighted by Crippen LogP contribution is -2.62. The Kier molecular flexibility index (Phi) is 3.17. The Hall–Kier alpha value is -2.10. The van der Waals surface area contributed by atoms with Crippen LogP contribution in [-0.2, 0) is 9.47 Å². The summed E-state index contributed by atoms with van der Waals surface area (Å²) in [6.07, 6.45) is 4.34. The van der Waals surface area contributed by atoms with Gasteiger partial charge >= 0.3 is 0 Å². The molecule has 2 saturated heterocycles. The summed E-state index contributed by atoms with van der Waals surface area (Å²) in [6, 6.07) is 6.16. The molecule has 3 rings (SSSR count). The normalized spacial score (nSPS) is 42.5. The number of hydrogen-bond donors (Lipinski definition) is 1. The maximum absolute atomic E-state index is 9.92. The Morgan fingerprint density at radius 1 is 1.09 bits per heavy atom. The summed E-state index contributed by atoms with van der Waals surface area (Å²) in [4.78, 5) is 0. The second-order valence-corrected chi connectivity index (χ2v) is 6.46. The molecule has 2 heterocycles. The number of nitriles is 3. The number of ether oxygens (including phenoxy) is 2. The zero-order valence-corrected chi connectivity index (χ0v) is 12.6. The molecule has 2 bridgehead atoms. The molecule has 6 heteroatoms. The second-order valence-electron chi connectivity index (χ2n) is 6.46. The van der Waals surface area contributed by atoms with Gasteiger partial charge in [0.25, 0.3) is 0 Å². The third kappa shape index (κ3) is 1.42. The quantitative estimate of drug-likeness (QED) is 0.738. The van der Waals surface area contributed by atoms with Crippen LogP contribution < -0.4 is 0 Å². The van der Waals surface area contributed by atoms with Crippen molar-refractivity contribution in [3.63, 3.8) is 0 Å². The first-order valence-corrected chi connectivity index (χ1v) is 7.72. The largest absolute Gasteiger partial charge is 0.447 e. The summed E-state index contributed by atoms with van der Waals surface area (Å²) in [6.45, 7) is 1.64. The van der Waals surface area contributed by atoms with Crippen molar-refractivity contribution in [2.75, 3.05) is 0 Å². The van der Waals surface area contributed by atoms with E-state index in [1.54, 1.807) is 6.92 Å². The van der Waals surface area contributed by atoms with E-state index in [0.29, 0.717) is 12.8 Å². The first-order chi connectivity index (χ1) is 10.5. The van der Waals surface area contributed by atoms with Crippen molar-refractivity contribution in [2.24, 2.45) is 16.7 Å². The molecule has 1 saturated carbocycles. The van der Waals surface area contributed by atoms with Crippen molar-refractivity contribution >= 4 is 5.90 Å². The van der Waals surface area contributed by atoms with Crippen LogP contribution >= 0.6 is 0 Å². The van der Waals surface area contributed by atoms with E-state index in [-0.39, 0.29) is 5.90 Å². The van der Waals surface area contributed by atoms with Crippen molar-refractivity contribution in [1.82, 2.24) is 0 Å². The Balaban J connectivity index is 2.24. The lowest BCUT2D eigenvalue weighted by molar-refractivity contribution is -0.281. The molecule has 0 aromatic heterocycles. The van der Waals surface area contributed by atoms with Gasteiger partial charge in [-0.15, -0.1) is 0 Å². The third-order valence-electron chi connectivity index (χ3n) is 5.59. The topological polar surface area (TPSA) is 114 Å². The fraction of sp³-hybridized carbons (Fsp3) is 0.750. The van der Waals surface area contributed by atoms with Gasteiger partial charge in [0, 0.05) is 6.42 Å². The van der Waals surface area contributed by atoms with Gasteiger partial charge in [0.1, 0.15) is 0 Å². The molecule has 0 aromatic carbocycles. The monoisotopic (exact) mass is 298 g/mol. The molecule has 0 spiro atoms. The molecular weight excluding hydrogens is 280 g/mol. The van der Waals surface area contributed by atoms with E-state index < -0.39 is 28.6 Å². The first kappa shape index (κ1) is 14.8. The molecular formula is C16H18N4O2. The lowest BCUT2D eigenvalue weighted by atomic mass is 9.53. The average molecular weight is 298 g/mol. The van der Waals surface area contributed by atoms with Crippen LogP contribution in [0.4, 0.5) is 0 Å². The van der Waals surface area contributed by atoms with Crippen LogP contribution in [-0.4, -0.2) is 17.8 Å². The van der Waals surface area contributed by atoms with E-state index in [0.717, 1.165) is 25.7 Å². The van der Waals surface area contributed by atoms with Gasteiger partial charge in [-0.2, -0.15) is 15.8 Å². The Labute approximate surface area is 129 Å². The minimum Gasteiger partial charge on any atom is -0.447 e. The van der Waals surface area contributed by atoms with Gasteiger partial charge < -0.3 is 9.47 Å². The average Bonchev–Trinajstić information content (AvgIpc) is 2.66. The fourth-order valence-corrected chi connectivity index (χ4v) is 4.47. The van der Waals surface area contributed by atoms with Gasteiger partial charge in [-0.3, -0.25) is 5.41 Å². The highest BCUT2D eigenvalue weighted by Crippen LogP contribution is 2.65. The van der Waals surface area contributed by atoms with Crippen molar-refractivity contribution in [2.45, 2.75) is 57.3 Å². The second kappa shape index (κ2) is 4.70. The zero-order valence-electron chi connectivity index (χ0n) is 12.6. The molecule has 1 aliphatic carbocycles. The summed E-state index contributed by atoms with van der Waals surface area (Å²) >= 11 is 0. The van der Waals surface area contributed by atoms with Crippen molar-refractivity contribution in [3.05, 3.63) is 0 Å². The van der Waals surface area contributed by atoms with Gasteiger partial charge in [-0.25, -0.2) is 0 Å². The Morgan fingerprint density at radius 3 is 2.41 bits per heavy atom. The molecule has 0 amide bonds. The van der Waals surface area contributed by atoms with Crippen molar-refractivity contribution < 1.29 is 9.47 Å². The van der Waals surface area contributed by atoms with Crippen molar-refractivity contribution in [3.8, 4) is 18.2 Å². The van der Waals surface area contributed by atoms with Crippen LogP contribution in [0.2, 0.25) is 0 Å². The molecule has 4 unspecified atom stereocenters. The molecule has 22 heavy (non-hydrogen) atoms. The van der Waals surface area contributed by atoms with E-state index in [2.05, 4.69) is 6.07 Å². The first-order valence-electron chi connectivity index (χ1n) is 7.72. The van der Waals surface area contributed by atoms with Crippen LogP contribution in [0.15, 0.2) is 0 Å². The zero-order chi connectivity index (χ0) is 16.0. The maximum Gasteiger partial charge on any atom is 0.217 e. The number of rotatable bonds is 0. The minimum absolute atomic E-state index is 0.269. The van der Waals surface area contributed by atoms with E-state index in [9.17, 15) is 15.8 Å². The van der Waals surface area contributed by atoms with Crippen LogP contribution in [0.25, 0.3) is 0 Å². The SMILES string of the molecule is CC1OC23CCCCCCC2C(C#N)(C(=N)O3)C1(C#N)C#N. The standard InChI is InChI=1S/C16H18N4O2/c1-11-14(8-17,9-18)15(10-19)12-6-4-2-3-5-7-16(12,21-11)22-13(15)20/h11-12,20H,2-7H2,1H3. The predicted molar refractivity (Wildman–Crippen MR) is 75.0 cm³/mol. The van der Waals surface area contributed by atoms with E-state index in [1.165, 1.54) is 0 Å². The molecule has 1 N–H and O–H groups in total. The fourth-order valence-electron chi connectivity index (χ4n) is 4.47.